The number of benzene rings is 1. The van der Waals surface area contributed by atoms with Gasteiger partial charge in [0.25, 0.3) is 0 Å². The summed E-state index contributed by atoms with van der Waals surface area (Å²) in [5.74, 6) is 0.284. The lowest BCUT2D eigenvalue weighted by molar-refractivity contribution is 0.541. The summed E-state index contributed by atoms with van der Waals surface area (Å²) in [5, 5.41) is 5.21. The van der Waals surface area contributed by atoms with Gasteiger partial charge in [0.15, 0.2) is 0 Å². The molecule has 0 bridgehead atoms. The van der Waals surface area contributed by atoms with E-state index in [1.165, 1.54) is 5.56 Å². The third kappa shape index (κ3) is 3.05. The van der Waals surface area contributed by atoms with Crippen LogP contribution in [0, 0.1) is 0 Å². The first-order valence-electron chi connectivity index (χ1n) is 7.05. The van der Waals surface area contributed by atoms with E-state index in [9.17, 15) is 0 Å². The molecule has 0 aliphatic rings. The Kier molecular flexibility index (Phi) is 4.84. The molecule has 3 nitrogen and oxygen atoms in total. The van der Waals surface area contributed by atoms with E-state index in [1.807, 2.05) is 29.9 Å². The van der Waals surface area contributed by atoms with Crippen molar-refractivity contribution in [3.8, 4) is 0 Å². The summed E-state index contributed by atoms with van der Waals surface area (Å²) in [6.45, 7) is 4.22. The molecule has 2 unspecified atom stereocenters. The van der Waals surface area contributed by atoms with Crippen molar-refractivity contribution in [3.05, 3.63) is 52.3 Å². The predicted molar refractivity (Wildman–Crippen MR) is 84.1 cm³/mol. The van der Waals surface area contributed by atoms with Crippen LogP contribution in [-0.4, -0.2) is 15.8 Å². The Balaban J connectivity index is 2.16. The molecule has 4 heteroatoms. The van der Waals surface area contributed by atoms with Gasteiger partial charge in [0, 0.05) is 19.5 Å². The fourth-order valence-corrected chi connectivity index (χ4v) is 2.82. The van der Waals surface area contributed by atoms with Gasteiger partial charge >= 0.3 is 0 Å². The van der Waals surface area contributed by atoms with Crippen LogP contribution in [0.1, 0.15) is 36.7 Å². The molecule has 1 aromatic heterocycles. The lowest BCUT2D eigenvalue weighted by atomic mass is 9.91. The van der Waals surface area contributed by atoms with Gasteiger partial charge in [-0.2, -0.15) is 5.10 Å². The molecule has 0 aliphatic carbocycles. The zero-order valence-electron chi connectivity index (χ0n) is 12.3. The average molecular weight is 292 g/mol. The molecule has 2 rings (SSSR count). The summed E-state index contributed by atoms with van der Waals surface area (Å²) in [7, 11) is 1.93. The molecule has 0 saturated heterocycles. The lowest BCUT2D eigenvalue weighted by Gasteiger charge is -2.20. The van der Waals surface area contributed by atoms with Gasteiger partial charge in [-0.25, -0.2) is 0 Å². The molecule has 0 amide bonds. The Labute approximate surface area is 125 Å². The summed E-state index contributed by atoms with van der Waals surface area (Å²) >= 11 is 6.39. The number of rotatable bonds is 5. The van der Waals surface area contributed by atoms with Crippen LogP contribution in [0.3, 0.4) is 0 Å². The molecule has 0 spiro atoms. The van der Waals surface area contributed by atoms with Gasteiger partial charge in [-0.1, -0.05) is 55.8 Å². The number of aryl methyl sites for hydroxylation is 2. The van der Waals surface area contributed by atoms with Crippen molar-refractivity contribution in [2.24, 2.45) is 12.8 Å². The summed E-state index contributed by atoms with van der Waals surface area (Å²) < 4.78 is 1.86. The molecular formula is C16H22ClN3. The topological polar surface area (TPSA) is 43.8 Å². The van der Waals surface area contributed by atoms with Crippen molar-refractivity contribution < 1.29 is 0 Å². The third-order valence-corrected chi connectivity index (χ3v) is 4.34. The van der Waals surface area contributed by atoms with Crippen molar-refractivity contribution in [1.82, 2.24) is 9.78 Å². The lowest BCUT2D eigenvalue weighted by Crippen LogP contribution is -2.30. The fourth-order valence-electron chi connectivity index (χ4n) is 2.45. The van der Waals surface area contributed by atoms with Crippen LogP contribution >= 0.6 is 11.6 Å². The number of halogens is 1. The van der Waals surface area contributed by atoms with E-state index in [2.05, 4.69) is 31.1 Å². The van der Waals surface area contributed by atoms with Gasteiger partial charge in [0.1, 0.15) is 0 Å². The molecule has 108 valence electrons. The molecule has 2 N–H and O–H groups in total. The standard InChI is InChI=1S/C16H22ClN3/c1-4-14-16(17)15(20(3)19-14)10-13(18)11(2)12-8-6-5-7-9-12/h5-9,11,13H,4,10,18H2,1-3H3. The minimum absolute atomic E-state index is 0.0232. The van der Waals surface area contributed by atoms with Crippen LogP contribution in [0.5, 0.6) is 0 Å². The molecule has 1 aromatic carbocycles. The largest absolute Gasteiger partial charge is 0.327 e. The second-order valence-electron chi connectivity index (χ2n) is 5.25. The van der Waals surface area contributed by atoms with Gasteiger partial charge in [0.2, 0.25) is 0 Å². The van der Waals surface area contributed by atoms with Crippen LogP contribution in [0.25, 0.3) is 0 Å². The SMILES string of the molecule is CCc1nn(C)c(CC(N)C(C)c2ccccc2)c1Cl. The Hall–Kier alpha value is -1.32. The first-order valence-corrected chi connectivity index (χ1v) is 7.43. The number of nitrogens with two attached hydrogens (primary N) is 1. The van der Waals surface area contributed by atoms with Crippen LogP contribution in [0.15, 0.2) is 30.3 Å². The second-order valence-corrected chi connectivity index (χ2v) is 5.63. The van der Waals surface area contributed by atoms with Crippen LogP contribution in [-0.2, 0) is 19.9 Å². The van der Waals surface area contributed by atoms with Crippen molar-refractivity contribution in [2.75, 3.05) is 0 Å². The molecule has 0 aliphatic heterocycles. The van der Waals surface area contributed by atoms with E-state index in [-0.39, 0.29) is 12.0 Å². The molecule has 2 aromatic rings. The highest BCUT2D eigenvalue weighted by atomic mass is 35.5. The first-order chi connectivity index (χ1) is 9.54. The summed E-state index contributed by atoms with van der Waals surface area (Å²) in [4.78, 5) is 0. The predicted octanol–water partition coefficient (Wildman–Crippen LogP) is 3.31. The minimum atomic E-state index is 0.0232. The molecule has 2 atom stereocenters. The Morgan fingerprint density at radius 3 is 2.50 bits per heavy atom. The quantitative estimate of drug-likeness (QED) is 0.918. The van der Waals surface area contributed by atoms with E-state index in [0.29, 0.717) is 0 Å². The van der Waals surface area contributed by atoms with Crippen LogP contribution in [0.4, 0.5) is 0 Å². The maximum absolute atomic E-state index is 6.39. The van der Waals surface area contributed by atoms with Crippen molar-refractivity contribution >= 4 is 11.6 Å². The van der Waals surface area contributed by atoms with Gasteiger partial charge < -0.3 is 5.73 Å². The van der Waals surface area contributed by atoms with E-state index in [0.717, 1.165) is 29.3 Å². The van der Waals surface area contributed by atoms with E-state index >= 15 is 0 Å². The Morgan fingerprint density at radius 2 is 1.95 bits per heavy atom. The van der Waals surface area contributed by atoms with Crippen molar-refractivity contribution in [2.45, 2.75) is 38.6 Å². The summed E-state index contributed by atoms with van der Waals surface area (Å²) in [6.07, 6.45) is 1.58. The van der Waals surface area contributed by atoms with Gasteiger partial charge in [-0.3, -0.25) is 4.68 Å². The van der Waals surface area contributed by atoms with Crippen LogP contribution < -0.4 is 5.73 Å². The number of hydrogen-bond acceptors (Lipinski definition) is 2. The summed E-state index contributed by atoms with van der Waals surface area (Å²) in [5.41, 5.74) is 9.60. The molecule has 0 saturated carbocycles. The van der Waals surface area contributed by atoms with Crippen LogP contribution in [0.2, 0.25) is 5.02 Å². The maximum Gasteiger partial charge on any atom is 0.0850 e. The molecule has 0 fully saturated rings. The van der Waals surface area contributed by atoms with Gasteiger partial charge in [-0.15, -0.1) is 0 Å². The highest BCUT2D eigenvalue weighted by molar-refractivity contribution is 6.31. The smallest absolute Gasteiger partial charge is 0.0850 e. The number of hydrogen-bond donors (Lipinski definition) is 1. The highest BCUT2D eigenvalue weighted by Gasteiger charge is 2.20. The van der Waals surface area contributed by atoms with E-state index in [4.69, 9.17) is 17.3 Å². The van der Waals surface area contributed by atoms with Crippen molar-refractivity contribution in [3.63, 3.8) is 0 Å². The third-order valence-electron chi connectivity index (χ3n) is 3.90. The number of aromatic nitrogens is 2. The fraction of sp³-hybridized carbons (Fsp3) is 0.438. The second kappa shape index (κ2) is 6.42. The van der Waals surface area contributed by atoms with Crippen molar-refractivity contribution in [1.29, 1.82) is 0 Å². The molecule has 20 heavy (non-hydrogen) atoms. The molecule has 1 heterocycles. The van der Waals surface area contributed by atoms with E-state index < -0.39 is 0 Å². The highest BCUT2D eigenvalue weighted by Crippen LogP contribution is 2.25. The summed E-state index contributed by atoms with van der Waals surface area (Å²) in [6, 6.07) is 10.4. The normalized spacial score (nSPS) is 14.2. The Morgan fingerprint density at radius 1 is 1.30 bits per heavy atom. The van der Waals surface area contributed by atoms with Gasteiger partial charge in [0.05, 0.1) is 16.4 Å². The first kappa shape index (κ1) is 15.1. The monoisotopic (exact) mass is 291 g/mol. The minimum Gasteiger partial charge on any atom is -0.327 e. The zero-order chi connectivity index (χ0) is 14.7. The van der Waals surface area contributed by atoms with E-state index in [1.54, 1.807) is 0 Å². The zero-order valence-corrected chi connectivity index (χ0v) is 13.1. The molecule has 0 radical (unpaired) electrons. The number of nitrogens with zero attached hydrogens (tertiary/aromatic N) is 2. The van der Waals surface area contributed by atoms with Gasteiger partial charge in [-0.05, 0) is 17.9 Å². The molecular weight excluding hydrogens is 270 g/mol. The average Bonchev–Trinajstić information content (AvgIpc) is 2.74. The Bertz CT molecular complexity index is 563. The maximum atomic E-state index is 6.39.